The summed E-state index contributed by atoms with van der Waals surface area (Å²) < 4.78 is 1.88. The number of allylic oxidation sites excluding steroid dienone is 2. The summed E-state index contributed by atoms with van der Waals surface area (Å²) in [4.78, 5) is 18.7. The number of nitrogens with two attached hydrogens (primary N) is 1. The monoisotopic (exact) mass is 320 g/mol. The molecule has 0 bridgehead atoms. The van der Waals surface area contributed by atoms with E-state index in [0.717, 1.165) is 3.45 Å². The van der Waals surface area contributed by atoms with E-state index in [1.165, 1.54) is 6.33 Å². The van der Waals surface area contributed by atoms with Crippen LogP contribution in [0.3, 0.4) is 0 Å². The fraction of sp³-hybridized carbons (Fsp3) is 0. The number of nitrogens with zero attached hydrogens (tertiary/aromatic N) is 2. The second-order valence-electron chi connectivity index (χ2n) is 3.28. The molecule has 4 N–H and O–H groups in total. The predicted molar refractivity (Wildman–Crippen MR) is 61.1 cm³/mol. The van der Waals surface area contributed by atoms with E-state index in [2.05, 4.69) is 15.3 Å². The van der Waals surface area contributed by atoms with Gasteiger partial charge in [0, 0.05) is 0 Å². The zero-order chi connectivity index (χ0) is 11.5. The van der Waals surface area contributed by atoms with Crippen LogP contribution in [0.15, 0.2) is 31.8 Å². The van der Waals surface area contributed by atoms with Crippen molar-refractivity contribution in [1.82, 2.24) is 9.97 Å². The summed E-state index contributed by atoms with van der Waals surface area (Å²) in [7, 11) is 0. The fourth-order valence-corrected chi connectivity index (χ4v) is 5.95. The van der Waals surface area contributed by atoms with Crippen LogP contribution in [0.5, 0.6) is 0 Å². The third-order valence-electron chi connectivity index (χ3n) is 2.14. The van der Waals surface area contributed by atoms with Crippen molar-refractivity contribution in [2.75, 3.05) is 11.1 Å². The molecule has 0 saturated carbocycles. The van der Waals surface area contributed by atoms with Gasteiger partial charge in [-0.05, 0) is 0 Å². The molecule has 0 saturated heterocycles. The van der Waals surface area contributed by atoms with Crippen molar-refractivity contribution in [2.45, 2.75) is 0 Å². The van der Waals surface area contributed by atoms with Crippen molar-refractivity contribution >= 4 is 36.8 Å². The number of carbonyl (C=O) groups is 1. The van der Waals surface area contributed by atoms with Crippen LogP contribution in [0.1, 0.15) is 0 Å². The maximum absolute atomic E-state index is 11.0. The van der Waals surface area contributed by atoms with E-state index in [0.29, 0.717) is 11.6 Å². The number of aromatic nitrogens is 2. The molecular formula is C9H9InN4O2. The van der Waals surface area contributed by atoms with Gasteiger partial charge in [0.2, 0.25) is 0 Å². The molecule has 1 aromatic heterocycles. The molecule has 0 aliphatic carbocycles. The molecule has 2 heterocycles. The molecule has 1 aromatic rings. The normalized spacial score (nSPS) is 13.8. The summed E-state index contributed by atoms with van der Waals surface area (Å²) >= 11 is -2.79. The molecule has 0 fully saturated rings. The van der Waals surface area contributed by atoms with E-state index < -0.39 is 25.2 Å². The second-order valence-corrected chi connectivity index (χ2v) is 10.3. The van der Waals surface area contributed by atoms with Crippen LogP contribution in [0, 0.1) is 0 Å². The predicted octanol–water partition coefficient (Wildman–Crippen LogP) is 0.757. The van der Waals surface area contributed by atoms with Gasteiger partial charge in [-0.2, -0.15) is 0 Å². The van der Waals surface area contributed by atoms with E-state index in [1.807, 2.05) is 0 Å². The molecular weight excluding hydrogens is 311 g/mol. The maximum atomic E-state index is 11.0. The van der Waals surface area contributed by atoms with Gasteiger partial charge >= 0.3 is 99.6 Å². The molecule has 80 valence electrons. The molecule has 7 heteroatoms. The van der Waals surface area contributed by atoms with Gasteiger partial charge in [0.05, 0.1) is 0 Å². The van der Waals surface area contributed by atoms with Crippen molar-refractivity contribution < 1.29 is 9.90 Å². The Morgan fingerprint density at radius 1 is 1.50 bits per heavy atom. The number of rotatable bonds is 3. The Morgan fingerprint density at radius 3 is 3.00 bits per heavy atom. The second kappa shape index (κ2) is 4.56. The Balaban J connectivity index is 2.14. The van der Waals surface area contributed by atoms with Gasteiger partial charge in [0.25, 0.3) is 0 Å². The Kier molecular flexibility index (Phi) is 3.14. The molecule has 1 aliphatic heterocycles. The summed E-state index contributed by atoms with van der Waals surface area (Å²) in [6, 6.07) is 1.57. The van der Waals surface area contributed by atoms with Crippen molar-refractivity contribution in [3.8, 4) is 0 Å². The first kappa shape index (κ1) is 11.0. The van der Waals surface area contributed by atoms with Gasteiger partial charge in [-0.3, -0.25) is 0 Å². The van der Waals surface area contributed by atoms with Gasteiger partial charge < -0.3 is 0 Å². The molecule has 0 unspecified atom stereocenters. The van der Waals surface area contributed by atoms with Gasteiger partial charge in [0.1, 0.15) is 0 Å². The number of carboxylic acid groups (broad SMARTS) is 1. The average Bonchev–Trinajstić information content (AvgIpc) is 2.66. The molecule has 16 heavy (non-hydrogen) atoms. The van der Waals surface area contributed by atoms with E-state index in [1.54, 1.807) is 22.1 Å². The molecule has 1 aliphatic rings. The number of hydrogen-bond acceptors (Lipinski definition) is 5. The van der Waals surface area contributed by atoms with Crippen LogP contribution in [0.25, 0.3) is 0 Å². The number of anilines is 2. The minimum absolute atomic E-state index is 0.353. The first-order valence-electron chi connectivity index (χ1n) is 4.62. The number of nitrogen functional groups attached to an aromatic ring is 1. The van der Waals surface area contributed by atoms with E-state index in [-0.39, 0.29) is 0 Å². The van der Waals surface area contributed by atoms with Crippen molar-refractivity contribution in [3.63, 3.8) is 0 Å². The summed E-state index contributed by atoms with van der Waals surface area (Å²) in [5.74, 6) is 0.886. The van der Waals surface area contributed by atoms with Crippen LogP contribution in [0.4, 0.5) is 16.4 Å². The van der Waals surface area contributed by atoms with Crippen molar-refractivity contribution in [2.24, 2.45) is 0 Å². The van der Waals surface area contributed by atoms with Crippen LogP contribution >= 0.6 is 0 Å². The van der Waals surface area contributed by atoms with Crippen LogP contribution in [0.2, 0.25) is 0 Å². The molecule has 0 aromatic carbocycles. The van der Waals surface area contributed by atoms with E-state index in [9.17, 15) is 4.79 Å². The average molecular weight is 320 g/mol. The number of hydrogen-bond donors (Lipinski definition) is 3. The Morgan fingerprint density at radius 2 is 2.31 bits per heavy atom. The van der Waals surface area contributed by atoms with Crippen LogP contribution in [-0.4, -0.2) is 40.2 Å². The van der Waals surface area contributed by atoms with Gasteiger partial charge in [-0.25, -0.2) is 0 Å². The van der Waals surface area contributed by atoms with Gasteiger partial charge in [0.15, 0.2) is 0 Å². The zero-order valence-electron chi connectivity index (χ0n) is 8.29. The standard InChI is InChI=1S/C8H8N4.CHO2.In/c1-2-3-4-10-8-5-7(9)11-6-12-8;2-1-3;/h1-3,5-6H,(H3,9,10,11,12);(H,2,3);. The van der Waals surface area contributed by atoms with Crippen molar-refractivity contribution in [3.05, 3.63) is 31.8 Å². The molecule has 0 atom stereocenters. The SMILES string of the molecule is Nc1cc(N[C]2=CC=[CH][In]2[C](=O)O)ncn1. The Bertz CT molecular complexity index is 486. The van der Waals surface area contributed by atoms with Crippen LogP contribution < -0.4 is 11.1 Å². The Labute approximate surface area is 99.4 Å². The number of nitrogens with one attached hydrogen (secondary N) is 1. The van der Waals surface area contributed by atoms with Gasteiger partial charge in [-0.15, -0.1) is 0 Å². The quantitative estimate of drug-likeness (QED) is 0.760. The van der Waals surface area contributed by atoms with Crippen LogP contribution in [-0.2, 0) is 0 Å². The summed E-state index contributed by atoms with van der Waals surface area (Å²) in [6.45, 7) is 0. The molecule has 6 nitrogen and oxygen atoms in total. The fourth-order valence-electron chi connectivity index (χ4n) is 1.40. The minimum atomic E-state index is -2.79. The first-order chi connectivity index (χ1) is 7.66. The molecule has 0 spiro atoms. The molecule has 2 rings (SSSR count). The summed E-state index contributed by atoms with van der Waals surface area (Å²) in [5, 5.41) is 12.0. The third-order valence-corrected chi connectivity index (χ3v) is 8.27. The van der Waals surface area contributed by atoms with E-state index in [4.69, 9.17) is 10.8 Å². The van der Waals surface area contributed by atoms with E-state index >= 15 is 0 Å². The zero-order valence-corrected chi connectivity index (χ0v) is 11.6. The summed E-state index contributed by atoms with van der Waals surface area (Å²) in [6.07, 6.45) is 4.90. The van der Waals surface area contributed by atoms with Crippen molar-refractivity contribution in [1.29, 1.82) is 0 Å². The van der Waals surface area contributed by atoms with Gasteiger partial charge in [-0.1, -0.05) is 0 Å². The summed E-state index contributed by atoms with van der Waals surface area (Å²) in [5.41, 5.74) is 5.50. The third kappa shape index (κ3) is 2.35. The topological polar surface area (TPSA) is 101 Å². The molecule has 0 amide bonds. The first-order valence-corrected chi connectivity index (χ1v) is 9.82. The molecule has 0 radical (unpaired) electrons. The Hall–Kier alpha value is -1.50.